The minimum atomic E-state index is -0.449. The van der Waals surface area contributed by atoms with E-state index in [4.69, 9.17) is 14.0 Å². The van der Waals surface area contributed by atoms with Crippen LogP contribution in [0.2, 0.25) is 6.32 Å². The monoisotopic (exact) mass is 325 g/mol. The lowest BCUT2D eigenvalue weighted by Gasteiger charge is -2.34. The highest BCUT2D eigenvalue weighted by molar-refractivity contribution is 6.45. The summed E-state index contributed by atoms with van der Waals surface area (Å²) in [4.78, 5) is 14.1. The molecule has 0 aliphatic carbocycles. The van der Waals surface area contributed by atoms with Gasteiger partial charge in [-0.15, -0.1) is 0 Å². The van der Waals surface area contributed by atoms with Crippen LogP contribution in [0.4, 0.5) is 4.79 Å². The van der Waals surface area contributed by atoms with Crippen LogP contribution in [0.1, 0.15) is 61.3 Å². The molecule has 2 aliphatic heterocycles. The molecule has 132 valence electrons. The molecule has 6 heteroatoms. The first kappa shape index (κ1) is 18.6. The lowest BCUT2D eigenvalue weighted by molar-refractivity contribution is 0.00578. The number of amides is 1. The second kappa shape index (κ2) is 6.28. The van der Waals surface area contributed by atoms with Gasteiger partial charge in [0.05, 0.1) is 11.2 Å². The van der Waals surface area contributed by atoms with Crippen LogP contribution in [0.25, 0.3) is 0 Å². The van der Waals surface area contributed by atoms with Gasteiger partial charge in [0, 0.05) is 13.1 Å². The minimum absolute atomic E-state index is 0.191. The fraction of sp³-hybridized carbons (Fsp3) is 0.941. The molecule has 0 N–H and O–H groups in total. The molecule has 2 heterocycles. The summed E-state index contributed by atoms with van der Waals surface area (Å²) in [6.07, 6.45) is 2.72. The number of piperidine rings is 1. The standard InChI is InChI=1S/C17H32BNO4/c1-15(2,3)21-14(20)19-10-8-9-13(12-19)11-18-22-16(4,5)17(6,7)23-18/h13H,8-12H2,1-7H3/t13-/m0/s1. The summed E-state index contributed by atoms with van der Waals surface area (Å²) in [5.41, 5.74) is -1.04. The van der Waals surface area contributed by atoms with E-state index >= 15 is 0 Å². The van der Waals surface area contributed by atoms with E-state index in [1.54, 1.807) is 0 Å². The summed E-state index contributed by atoms with van der Waals surface area (Å²) in [5.74, 6) is 0.394. The molecular weight excluding hydrogens is 293 g/mol. The van der Waals surface area contributed by atoms with E-state index in [1.807, 2.05) is 25.7 Å². The Bertz CT molecular complexity index is 428. The molecule has 2 fully saturated rings. The summed E-state index contributed by atoms with van der Waals surface area (Å²) in [5, 5.41) is 0. The number of ether oxygens (including phenoxy) is 1. The van der Waals surface area contributed by atoms with Gasteiger partial charge in [-0.2, -0.15) is 0 Å². The predicted octanol–water partition coefficient (Wildman–Crippen LogP) is 3.73. The fourth-order valence-electron chi connectivity index (χ4n) is 3.08. The highest BCUT2D eigenvalue weighted by Gasteiger charge is 2.51. The third-order valence-corrected chi connectivity index (χ3v) is 5.00. The molecule has 0 bridgehead atoms. The summed E-state index contributed by atoms with van der Waals surface area (Å²) < 4.78 is 17.7. The van der Waals surface area contributed by atoms with E-state index in [0.29, 0.717) is 5.92 Å². The van der Waals surface area contributed by atoms with E-state index in [9.17, 15) is 4.79 Å². The smallest absolute Gasteiger partial charge is 0.444 e. The van der Waals surface area contributed by atoms with Crippen molar-refractivity contribution in [2.24, 2.45) is 5.92 Å². The van der Waals surface area contributed by atoms with Gasteiger partial charge >= 0.3 is 13.2 Å². The average molecular weight is 325 g/mol. The first-order valence-electron chi connectivity index (χ1n) is 8.73. The predicted molar refractivity (Wildman–Crippen MR) is 91.4 cm³/mol. The Labute approximate surface area is 141 Å². The van der Waals surface area contributed by atoms with Gasteiger partial charge < -0.3 is 18.9 Å². The number of carbonyl (C=O) groups is 1. The Hall–Kier alpha value is -0.745. The summed E-state index contributed by atoms with van der Waals surface area (Å²) in [6.45, 7) is 15.5. The number of rotatable bonds is 2. The number of hydrogen-bond donors (Lipinski definition) is 0. The third-order valence-electron chi connectivity index (χ3n) is 5.00. The van der Waals surface area contributed by atoms with E-state index < -0.39 is 5.60 Å². The van der Waals surface area contributed by atoms with Gasteiger partial charge in [0.15, 0.2) is 0 Å². The number of nitrogens with zero attached hydrogens (tertiary/aromatic N) is 1. The molecule has 0 aromatic rings. The molecule has 23 heavy (non-hydrogen) atoms. The van der Waals surface area contributed by atoms with Crippen LogP contribution >= 0.6 is 0 Å². The quantitative estimate of drug-likeness (QED) is 0.726. The molecule has 2 rings (SSSR count). The van der Waals surface area contributed by atoms with E-state index in [0.717, 1.165) is 32.3 Å². The molecular formula is C17H32BNO4. The molecule has 2 aliphatic rings. The molecule has 2 saturated heterocycles. The van der Waals surface area contributed by atoms with Gasteiger partial charge in [0.2, 0.25) is 0 Å². The Balaban J connectivity index is 1.89. The maximum atomic E-state index is 12.2. The number of hydrogen-bond acceptors (Lipinski definition) is 4. The molecule has 1 amide bonds. The van der Waals surface area contributed by atoms with Gasteiger partial charge in [-0.1, -0.05) is 0 Å². The van der Waals surface area contributed by atoms with Crippen molar-refractivity contribution in [2.75, 3.05) is 13.1 Å². The normalized spacial score (nSPS) is 27.2. The van der Waals surface area contributed by atoms with Gasteiger partial charge in [-0.3, -0.25) is 0 Å². The van der Waals surface area contributed by atoms with Crippen molar-refractivity contribution in [3.63, 3.8) is 0 Å². The third kappa shape index (κ3) is 4.63. The van der Waals surface area contributed by atoms with Crippen LogP contribution in [0.5, 0.6) is 0 Å². The number of likely N-dealkylation sites (tertiary alicyclic amines) is 1. The van der Waals surface area contributed by atoms with Gasteiger partial charge in [-0.25, -0.2) is 4.79 Å². The second-order valence-electron chi connectivity index (χ2n) is 8.86. The summed E-state index contributed by atoms with van der Waals surface area (Å²) in [7, 11) is -0.191. The highest BCUT2D eigenvalue weighted by atomic mass is 16.7. The highest BCUT2D eigenvalue weighted by Crippen LogP contribution is 2.39. The first-order valence-corrected chi connectivity index (χ1v) is 8.73. The van der Waals surface area contributed by atoms with Crippen LogP contribution < -0.4 is 0 Å². The zero-order valence-electron chi connectivity index (χ0n) is 15.8. The van der Waals surface area contributed by atoms with Gasteiger partial charge in [-0.05, 0) is 73.5 Å². The number of carbonyl (C=O) groups excluding carboxylic acids is 1. The van der Waals surface area contributed by atoms with Crippen LogP contribution in [0, 0.1) is 5.92 Å². The van der Waals surface area contributed by atoms with Crippen LogP contribution in [0.15, 0.2) is 0 Å². The van der Waals surface area contributed by atoms with Crippen molar-refractivity contribution in [3.8, 4) is 0 Å². The SMILES string of the molecule is CC(C)(C)OC(=O)N1CCC[C@@H](CB2OC(C)(C)C(C)(C)O2)C1. The van der Waals surface area contributed by atoms with Crippen molar-refractivity contribution in [2.45, 2.75) is 84.4 Å². The Morgan fingerprint density at radius 2 is 1.78 bits per heavy atom. The molecule has 0 unspecified atom stereocenters. The maximum absolute atomic E-state index is 12.2. The van der Waals surface area contributed by atoms with Crippen LogP contribution in [-0.4, -0.2) is 48.0 Å². The minimum Gasteiger partial charge on any atom is -0.444 e. The molecule has 0 spiro atoms. The molecule has 5 nitrogen and oxygen atoms in total. The van der Waals surface area contributed by atoms with Crippen molar-refractivity contribution in [3.05, 3.63) is 0 Å². The molecule has 0 aromatic carbocycles. The Kier molecular flexibility index (Phi) is 5.08. The average Bonchev–Trinajstić information content (AvgIpc) is 2.55. The van der Waals surface area contributed by atoms with E-state index in [2.05, 4.69) is 27.7 Å². The van der Waals surface area contributed by atoms with Gasteiger partial charge in [0.25, 0.3) is 0 Å². The maximum Gasteiger partial charge on any atom is 0.458 e. The zero-order valence-corrected chi connectivity index (χ0v) is 15.8. The van der Waals surface area contributed by atoms with Crippen molar-refractivity contribution in [1.29, 1.82) is 0 Å². The second-order valence-corrected chi connectivity index (χ2v) is 8.86. The zero-order chi connectivity index (χ0) is 17.5. The lowest BCUT2D eigenvalue weighted by Crippen LogP contribution is -2.43. The largest absolute Gasteiger partial charge is 0.458 e. The fourth-order valence-corrected chi connectivity index (χ4v) is 3.08. The molecule has 0 saturated carbocycles. The van der Waals surface area contributed by atoms with Crippen molar-refractivity contribution < 1.29 is 18.8 Å². The summed E-state index contributed by atoms with van der Waals surface area (Å²) >= 11 is 0. The molecule has 0 aromatic heterocycles. The summed E-state index contributed by atoms with van der Waals surface area (Å²) in [6, 6.07) is 0. The Morgan fingerprint density at radius 1 is 1.22 bits per heavy atom. The van der Waals surface area contributed by atoms with Crippen LogP contribution in [0.3, 0.4) is 0 Å². The van der Waals surface area contributed by atoms with Crippen molar-refractivity contribution in [1.82, 2.24) is 4.90 Å². The molecule has 1 atom stereocenters. The topological polar surface area (TPSA) is 48.0 Å². The van der Waals surface area contributed by atoms with E-state index in [-0.39, 0.29) is 24.4 Å². The van der Waals surface area contributed by atoms with Gasteiger partial charge in [0.1, 0.15) is 5.60 Å². The van der Waals surface area contributed by atoms with Crippen LogP contribution in [-0.2, 0) is 14.0 Å². The Morgan fingerprint density at radius 3 is 2.30 bits per heavy atom. The lowest BCUT2D eigenvalue weighted by atomic mass is 9.74. The molecule has 0 radical (unpaired) electrons. The van der Waals surface area contributed by atoms with Crippen molar-refractivity contribution >= 4 is 13.2 Å². The first-order chi connectivity index (χ1) is 10.4. The van der Waals surface area contributed by atoms with E-state index in [1.165, 1.54) is 0 Å².